The molecule has 0 radical (unpaired) electrons. The molecule has 0 fully saturated rings. The number of esters is 1. The van der Waals surface area contributed by atoms with Crippen LogP contribution >= 0.6 is 0 Å². The highest BCUT2D eigenvalue weighted by atomic mass is 16.5. The molecule has 0 bridgehead atoms. The van der Waals surface area contributed by atoms with E-state index in [0.29, 0.717) is 12.2 Å². The fourth-order valence-corrected chi connectivity index (χ4v) is 1.92. The number of anilines is 1. The summed E-state index contributed by atoms with van der Waals surface area (Å²) in [7, 11) is 0. The largest absolute Gasteiger partial charge is 0.508 e. The minimum Gasteiger partial charge on any atom is -0.508 e. The fourth-order valence-electron chi connectivity index (χ4n) is 1.92. The van der Waals surface area contributed by atoms with Gasteiger partial charge in [0.2, 0.25) is 0 Å². The zero-order valence-corrected chi connectivity index (χ0v) is 11.2. The van der Waals surface area contributed by atoms with E-state index in [1.54, 1.807) is 31.2 Å². The lowest BCUT2D eigenvalue weighted by Crippen LogP contribution is -2.23. The average molecular weight is 271 g/mol. The predicted molar refractivity (Wildman–Crippen MR) is 77.5 cm³/mol. The number of para-hydroxylation sites is 2. The van der Waals surface area contributed by atoms with E-state index in [-0.39, 0.29) is 5.75 Å². The van der Waals surface area contributed by atoms with Crippen molar-refractivity contribution in [2.24, 2.45) is 0 Å². The third-order valence-corrected chi connectivity index (χ3v) is 2.85. The summed E-state index contributed by atoms with van der Waals surface area (Å²) in [5.74, 6) is -0.355. The van der Waals surface area contributed by atoms with Gasteiger partial charge in [0.05, 0.1) is 6.61 Å². The molecule has 1 unspecified atom stereocenters. The lowest BCUT2D eigenvalue weighted by molar-refractivity contribution is -0.144. The number of hydrogen-bond donors (Lipinski definition) is 2. The zero-order valence-electron chi connectivity index (χ0n) is 11.2. The van der Waals surface area contributed by atoms with E-state index >= 15 is 0 Å². The summed E-state index contributed by atoms with van der Waals surface area (Å²) >= 11 is 0. The first-order valence-electron chi connectivity index (χ1n) is 6.48. The minimum atomic E-state index is -0.737. The van der Waals surface area contributed by atoms with Gasteiger partial charge in [-0.05, 0) is 25.1 Å². The summed E-state index contributed by atoms with van der Waals surface area (Å²) in [5, 5.41) is 13.0. The predicted octanol–water partition coefficient (Wildman–Crippen LogP) is 3.11. The maximum Gasteiger partial charge on any atom is 0.333 e. The van der Waals surface area contributed by atoms with Crippen LogP contribution < -0.4 is 5.32 Å². The van der Waals surface area contributed by atoms with Crippen molar-refractivity contribution >= 4 is 11.7 Å². The van der Waals surface area contributed by atoms with Crippen LogP contribution in [0.4, 0.5) is 5.69 Å². The second kappa shape index (κ2) is 6.61. The average Bonchev–Trinajstić information content (AvgIpc) is 2.47. The van der Waals surface area contributed by atoms with Gasteiger partial charge in [-0.1, -0.05) is 36.4 Å². The van der Waals surface area contributed by atoms with Gasteiger partial charge in [-0.25, -0.2) is 4.79 Å². The first-order chi connectivity index (χ1) is 9.72. The molecule has 4 heteroatoms. The van der Waals surface area contributed by atoms with E-state index < -0.39 is 12.0 Å². The molecule has 1 atom stereocenters. The second-order valence-electron chi connectivity index (χ2n) is 4.25. The molecule has 0 spiro atoms. The molecule has 20 heavy (non-hydrogen) atoms. The monoisotopic (exact) mass is 271 g/mol. The van der Waals surface area contributed by atoms with Crippen LogP contribution in [0.15, 0.2) is 54.6 Å². The van der Waals surface area contributed by atoms with Crippen molar-refractivity contribution in [2.75, 3.05) is 11.9 Å². The molecule has 0 aliphatic heterocycles. The van der Waals surface area contributed by atoms with Gasteiger partial charge >= 0.3 is 5.97 Å². The van der Waals surface area contributed by atoms with E-state index in [9.17, 15) is 9.90 Å². The van der Waals surface area contributed by atoms with Crippen LogP contribution in [0.25, 0.3) is 0 Å². The normalized spacial score (nSPS) is 11.7. The molecule has 0 aliphatic carbocycles. The molecule has 0 amide bonds. The summed E-state index contributed by atoms with van der Waals surface area (Å²) in [6.07, 6.45) is 0. The Morgan fingerprint density at radius 2 is 1.80 bits per heavy atom. The van der Waals surface area contributed by atoms with Crippen LogP contribution in [0.2, 0.25) is 0 Å². The van der Waals surface area contributed by atoms with Crippen LogP contribution in [0.5, 0.6) is 5.75 Å². The van der Waals surface area contributed by atoms with Crippen molar-refractivity contribution in [1.29, 1.82) is 0 Å². The van der Waals surface area contributed by atoms with Gasteiger partial charge in [-0.2, -0.15) is 0 Å². The Bertz CT molecular complexity index is 569. The lowest BCUT2D eigenvalue weighted by Gasteiger charge is -2.19. The first-order valence-corrected chi connectivity index (χ1v) is 6.48. The minimum absolute atomic E-state index is 0.0639. The number of hydrogen-bond acceptors (Lipinski definition) is 4. The van der Waals surface area contributed by atoms with Crippen molar-refractivity contribution < 1.29 is 14.6 Å². The molecule has 2 aromatic rings. The molecular weight excluding hydrogens is 254 g/mol. The molecule has 0 aliphatic rings. The second-order valence-corrected chi connectivity index (χ2v) is 4.25. The maximum atomic E-state index is 12.1. The number of ether oxygens (including phenoxy) is 1. The molecule has 4 nitrogen and oxygen atoms in total. The van der Waals surface area contributed by atoms with Gasteiger partial charge in [0.15, 0.2) is 6.04 Å². The number of carbonyl (C=O) groups excluding carboxylic acids is 1. The Labute approximate surface area is 118 Å². The molecule has 0 aromatic heterocycles. The van der Waals surface area contributed by atoms with Gasteiger partial charge in [-0.3, -0.25) is 0 Å². The molecule has 104 valence electrons. The van der Waals surface area contributed by atoms with E-state index in [4.69, 9.17) is 4.74 Å². The Morgan fingerprint density at radius 3 is 2.45 bits per heavy atom. The van der Waals surface area contributed by atoms with Gasteiger partial charge in [0, 0.05) is 11.3 Å². The summed E-state index contributed by atoms with van der Waals surface area (Å²) in [4.78, 5) is 12.1. The number of carbonyl (C=O) groups is 1. The molecule has 0 saturated carbocycles. The Hall–Kier alpha value is -2.49. The third-order valence-electron chi connectivity index (χ3n) is 2.85. The standard InChI is InChI=1S/C16H17NO3/c1-2-20-16(19)15(13-10-6-7-11-14(13)18)17-12-8-4-3-5-9-12/h3-11,15,17-18H,2H2,1H3. The Kier molecular flexibility index (Phi) is 4.60. The molecular formula is C16H17NO3. The summed E-state index contributed by atoms with van der Waals surface area (Å²) in [6.45, 7) is 2.04. The molecule has 2 rings (SSSR count). The van der Waals surface area contributed by atoms with Crippen molar-refractivity contribution in [3.8, 4) is 5.75 Å². The molecule has 2 N–H and O–H groups in total. The summed E-state index contributed by atoms with van der Waals surface area (Å²) in [6, 6.07) is 15.3. The first kappa shape index (κ1) is 13.9. The van der Waals surface area contributed by atoms with Gasteiger partial charge < -0.3 is 15.2 Å². The maximum absolute atomic E-state index is 12.1. The molecule has 0 heterocycles. The third kappa shape index (κ3) is 3.29. The van der Waals surface area contributed by atoms with Crippen molar-refractivity contribution in [3.63, 3.8) is 0 Å². The zero-order chi connectivity index (χ0) is 14.4. The van der Waals surface area contributed by atoms with Gasteiger partial charge in [-0.15, -0.1) is 0 Å². The topological polar surface area (TPSA) is 58.6 Å². The van der Waals surface area contributed by atoms with E-state index in [2.05, 4.69) is 5.32 Å². The number of rotatable bonds is 5. The SMILES string of the molecule is CCOC(=O)C(Nc1ccccc1)c1ccccc1O. The van der Waals surface area contributed by atoms with Gasteiger partial charge in [0.25, 0.3) is 0 Å². The van der Waals surface area contributed by atoms with Crippen molar-refractivity contribution in [2.45, 2.75) is 13.0 Å². The van der Waals surface area contributed by atoms with Crippen LogP contribution in [0.3, 0.4) is 0 Å². The van der Waals surface area contributed by atoms with Gasteiger partial charge in [0.1, 0.15) is 5.75 Å². The summed E-state index contributed by atoms with van der Waals surface area (Å²) < 4.78 is 5.07. The van der Waals surface area contributed by atoms with Crippen molar-refractivity contribution in [1.82, 2.24) is 0 Å². The van der Waals surface area contributed by atoms with E-state index in [0.717, 1.165) is 5.69 Å². The highest BCUT2D eigenvalue weighted by Gasteiger charge is 2.24. The van der Waals surface area contributed by atoms with Crippen LogP contribution in [0, 0.1) is 0 Å². The van der Waals surface area contributed by atoms with Crippen molar-refractivity contribution in [3.05, 3.63) is 60.2 Å². The number of benzene rings is 2. The fraction of sp³-hybridized carbons (Fsp3) is 0.188. The Balaban J connectivity index is 2.30. The number of aromatic hydroxyl groups is 1. The van der Waals surface area contributed by atoms with E-state index in [1.807, 2.05) is 30.3 Å². The smallest absolute Gasteiger partial charge is 0.333 e. The highest BCUT2D eigenvalue weighted by molar-refractivity contribution is 5.82. The summed E-state index contributed by atoms with van der Waals surface area (Å²) in [5.41, 5.74) is 1.28. The van der Waals surface area contributed by atoms with Crippen LogP contribution in [-0.4, -0.2) is 17.7 Å². The number of phenolic OH excluding ortho intramolecular Hbond substituents is 1. The van der Waals surface area contributed by atoms with Crippen LogP contribution in [-0.2, 0) is 9.53 Å². The highest BCUT2D eigenvalue weighted by Crippen LogP contribution is 2.27. The van der Waals surface area contributed by atoms with E-state index in [1.165, 1.54) is 0 Å². The number of nitrogens with one attached hydrogen (secondary N) is 1. The Morgan fingerprint density at radius 1 is 1.15 bits per heavy atom. The quantitative estimate of drug-likeness (QED) is 0.820. The number of phenols is 1. The van der Waals surface area contributed by atoms with Crippen LogP contribution in [0.1, 0.15) is 18.5 Å². The molecule has 0 saturated heterocycles. The molecule has 2 aromatic carbocycles. The lowest BCUT2D eigenvalue weighted by atomic mass is 10.1.